The van der Waals surface area contributed by atoms with Crippen molar-refractivity contribution in [1.29, 1.82) is 0 Å². The van der Waals surface area contributed by atoms with Crippen molar-refractivity contribution in [2.75, 3.05) is 0 Å². The molecule has 0 amide bonds. The molecule has 2 heterocycles. The van der Waals surface area contributed by atoms with E-state index >= 15 is 0 Å². The summed E-state index contributed by atoms with van der Waals surface area (Å²) in [6.07, 6.45) is 1.92. The van der Waals surface area contributed by atoms with Gasteiger partial charge in [0.15, 0.2) is 0 Å². The number of rotatable bonds is 4. The van der Waals surface area contributed by atoms with Gasteiger partial charge in [-0.2, -0.15) is 11.3 Å². The summed E-state index contributed by atoms with van der Waals surface area (Å²) < 4.78 is 1.36. The zero-order valence-electron chi connectivity index (χ0n) is 10.0. The molecule has 0 aliphatic carbocycles. The van der Waals surface area contributed by atoms with Crippen LogP contribution in [0.25, 0.3) is 10.1 Å². The molecular weight excluding hydrogens is 258 g/mol. The molecule has 2 aromatic heterocycles. The van der Waals surface area contributed by atoms with Crippen molar-refractivity contribution in [1.82, 2.24) is 0 Å². The first-order chi connectivity index (χ1) is 8.83. The van der Waals surface area contributed by atoms with Crippen LogP contribution >= 0.6 is 22.7 Å². The van der Waals surface area contributed by atoms with Crippen molar-refractivity contribution in [2.24, 2.45) is 5.73 Å². The Balaban J connectivity index is 1.76. The highest BCUT2D eigenvalue weighted by molar-refractivity contribution is 7.17. The highest BCUT2D eigenvalue weighted by Gasteiger charge is 2.09. The average Bonchev–Trinajstić information content (AvgIpc) is 3.00. The molecule has 1 aromatic carbocycles. The highest BCUT2D eigenvalue weighted by atomic mass is 32.1. The lowest BCUT2D eigenvalue weighted by Gasteiger charge is -2.09. The standard InChI is InChI=1S/C15H15NS2/c16-13(7-11-5-6-17-9-11)8-12-10-18-15-4-2-1-3-14(12)15/h1-6,9-10,13H,7-8,16H2. The summed E-state index contributed by atoms with van der Waals surface area (Å²) >= 11 is 3.55. The van der Waals surface area contributed by atoms with Crippen molar-refractivity contribution >= 4 is 32.8 Å². The molecule has 3 heteroatoms. The molecular formula is C15H15NS2. The first-order valence-electron chi connectivity index (χ1n) is 6.04. The van der Waals surface area contributed by atoms with Gasteiger partial charge in [0.25, 0.3) is 0 Å². The Morgan fingerprint density at radius 1 is 1.06 bits per heavy atom. The minimum absolute atomic E-state index is 0.206. The minimum atomic E-state index is 0.206. The summed E-state index contributed by atoms with van der Waals surface area (Å²) in [6.45, 7) is 0. The monoisotopic (exact) mass is 273 g/mol. The van der Waals surface area contributed by atoms with Crippen LogP contribution in [0.4, 0.5) is 0 Å². The number of hydrogen-bond donors (Lipinski definition) is 1. The zero-order chi connectivity index (χ0) is 12.4. The molecule has 0 radical (unpaired) electrons. The Hall–Kier alpha value is -1.16. The van der Waals surface area contributed by atoms with Crippen molar-refractivity contribution in [2.45, 2.75) is 18.9 Å². The topological polar surface area (TPSA) is 26.0 Å². The van der Waals surface area contributed by atoms with Crippen molar-refractivity contribution in [3.8, 4) is 0 Å². The molecule has 3 rings (SSSR count). The fourth-order valence-corrected chi connectivity index (χ4v) is 3.91. The van der Waals surface area contributed by atoms with Gasteiger partial charge in [-0.25, -0.2) is 0 Å². The highest BCUT2D eigenvalue weighted by Crippen LogP contribution is 2.26. The third-order valence-corrected chi connectivity index (χ3v) is 4.87. The predicted molar refractivity (Wildman–Crippen MR) is 81.5 cm³/mol. The molecule has 1 atom stereocenters. The molecule has 0 bridgehead atoms. The Kier molecular flexibility index (Phi) is 3.46. The summed E-state index contributed by atoms with van der Waals surface area (Å²) in [6, 6.07) is 10.9. The summed E-state index contributed by atoms with van der Waals surface area (Å²) in [4.78, 5) is 0. The van der Waals surface area contributed by atoms with Gasteiger partial charge in [-0.1, -0.05) is 18.2 Å². The van der Waals surface area contributed by atoms with Crippen LogP contribution in [-0.2, 0) is 12.8 Å². The van der Waals surface area contributed by atoms with Gasteiger partial charge in [0, 0.05) is 10.7 Å². The lowest BCUT2D eigenvalue weighted by atomic mass is 10.0. The molecule has 2 N–H and O–H groups in total. The van der Waals surface area contributed by atoms with Crippen LogP contribution in [0.15, 0.2) is 46.5 Å². The molecule has 0 aliphatic rings. The van der Waals surface area contributed by atoms with E-state index in [0.29, 0.717) is 0 Å². The Morgan fingerprint density at radius 2 is 1.94 bits per heavy atom. The van der Waals surface area contributed by atoms with E-state index in [-0.39, 0.29) is 6.04 Å². The van der Waals surface area contributed by atoms with E-state index in [2.05, 4.69) is 46.5 Å². The van der Waals surface area contributed by atoms with E-state index in [4.69, 9.17) is 5.73 Å². The maximum absolute atomic E-state index is 6.26. The van der Waals surface area contributed by atoms with Crippen LogP contribution in [0.5, 0.6) is 0 Å². The van der Waals surface area contributed by atoms with Crippen LogP contribution in [-0.4, -0.2) is 6.04 Å². The minimum Gasteiger partial charge on any atom is -0.327 e. The van der Waals surface area contributed by atoms with Crippen molar-refractivity contribution in [3.63, 3.8) is 0 Å². The van der Waals surface area contributed by atoms with Crippen molar-refractivity contribution in [3.05, 3.63) is 57.6 Å². The van der Waals surface area contributed by atoms with Crippen LogP contribution in [0.2, 0.25) is 0 Å². The third kappa shape index (κ3) is 2.48. The molecule has 0 saturated heterocycles. The number of benzene rings is 1. The lowest BCUT2D eigenvalue weighted by molar-refractivity contribution is 0.669. The average molecular weight is 273 g/mol. The Labute approximate surface area is 115 Å². The van der Waals surface area contributed by atoms with Crippen LogP contribution in [0.3, 0.4) is 0 Å². The molecule has 1 unspecified atom stereocenters. The molecule has 0 saturated carbocycles. The SMILES string of the molecule is NC(Cc1ccsc1)Cc1csc2ccccc12. The van der Waals surface area contributed by atoms with Crippen LogP contribution in [0, 0.1) is 0 Å². The summed E-state index contributed by atoms with van der Waals surface area (Å²) in [5.74, 6) is 0. The Morgan fingerprint density at radius 3 is 2.78 bits per heavy atom. The fourth-order valence-electron chi connectivity index (χ4n) is 2.26. The summed E-state index contributed by atoms with van der Waals surface area (Å²) in [5.41, 5.74) is 9.00. The quantitative estimate of drug-likeness (QED) is 0.761. The van der Waals surface area contributed by atoms with E-state index in [9.17, 15) is 0 Å². The number of thiophene rings is 2. The maximum Gasteiger partial charge on any atom is 0.0345 e. The van der Waals surface area contributed by atoms with Gasteiger partial charge < -0.3 is 5.73 Å². The smallest absolute Gasteiger partial charge is 0.0345 e. The van der Waals surface area contributed by atoms with E-state index in [1.165, 1.54) is 21.2 Å². The second-order valence-corrected chi connectivity index (χ2v) is 6.25. The lowest BCUT2D eigenvalue weighted by Crippen LogP contribution is -2.25. The fraction of sp³-hybridized carbons (Fsp3) is 0.200. The second kappa shape index (κ2) is 5.22. The maximum atomic E-state index is 6.26. The predicted octanol–water partition coefficient (Wildman–Crippen LogP) is 4.08. The molecule has 0 spiro atoms. The molecule has 3 aromatic rings. The molecule has 1 nitrogen and oxygen atoms in total. The van der Waals surface area contributed by atoms with Gasteiger partial charge in [-0.05, 0) is 57.6 Å². The molecule has 0 aliphatic heterocycles. The number of hydrogen-bond acceptors (Lipinski definition) is 3. The van der Waals surface area contributed by atoms with Crippen LogP contribution in [0.1, 0.15) is 11.1 Å². The zero-order valence-corrected chi connectivity index (χ0v) is 11.6. The van der Waals surface area contributed by atoms with E-state index in [1.807, 2.05) is 11.3 Å². The normalized spacial score (nSPS) is 12.9. The van der Waals surface area contributed by atoms with Crippen molar-refractivity contribution < 1.29 is 0 Å². The first kappa shape index (κ1) is 11.9. The van der Waals surface area contributed by atoms with Gasteiger partial charge in [-0.3, -0.25) is 0 Å². The third-order valence-electron chi connectivity index (χ3n) is 3.12. The van der Waals surface area contributed by atoms with Gasteiger partial charge in [0.05, 0.1) is 0 Å². The largest absolute Gasteiger partial charge is 0.327 e. The molecule has 0 fully saturated rings. The first-order valence-corrected chi connectivity index (χ1v) is 7.87. The Bertz CT molecular complexity index is 625. The van der Waals surface area contributed by atoms with Gasteiger partial charge in [-0.15, -0.1) is 11.3 Å². The second-order valence-electron chi connectivity index (χ2n) is 4.56. The summed E-state index contributed by atoms with van der Waals surface area (Å²) in [5, 5.41) is 7.91. The van der Waals surface area contributed by atoms with Crippen LogP contribution < -0.4 is 5.73 Å². The van der Waals surface area contributed by atoms with E-state index in [0.717, 1.165) is 12.8 Å². The molecule has 18 heavy (non-hydrogen) atoms. The number of nitrogens with two attached hydrogens (primary N) is 1. The summed E-state index contributed by atoms with van der Waals surface area (Å²) in [7, 11) is 0. The van der Waals surface area contributed by atoms with Gasteiger partial charge >= 0.3 is 0 Å². The van der Waals surface area contributed by atoms with E-state index in [1.54, 1.807) is 11.3 Å². The molecule has 92 valence electrons. The van der Waals surface area contributed by atoms with E-state index < -0.39 is 0 Å². The van der Waals surface area contributed by atoms with Gasteiger partial charge in [0.1, 0.15) is 0 Å². The van der Waals surface area contributed by atoms with Gasteiger partial charge in [0.2, 0.25) is 0 Å². The number of fused-ring (bicyclic) bond motifs is 1.